The second-order valence-corrected chi connectivity index (χ2v) is 4.67. The van der Waals surface area contributed by atoms with Crippen molar-refractivity contribution < 1.29 is 9.47 Å². The molecule has 0 aromatic rings. The van der Waals surface area contributed by atoms with Crippen molar-refractivity contribution in [1.29, 1.82) is 0 Å². The Kier molecular flexibility index (Phi) is 5.97. The summed E-state index contributed by atoms with van der Waals surface area (Å²) in [5.41, 5.74) is 0. The van der Waals surface area contributed by atoms with Gasteiger partial charge in [-0.25, -0.2) is 0 Å². The third-order valence-electron chi connectivity index (χ3n) is 3.22. The highest BCUT2D eigenvalue weighted by Crippen LogP contribution is 2.13. The first-order valence-corrected chi connectivity index (χ1v) is 6.80. The molecule has 2 aliphatic rings. The van der Waals surface area contributed by atoms with Gasteiger partial charge in [0, 0.05) is 13.2 Å². The van der Waals surface area contributed by atoms with Crippen molar-refractivity contribution in [3.05, 3.63) is 48.6 Å². The van der Waals surface area contributed by atoms with Crippen LogP contribution in [0.3, 0.4) is 0 Å². The van der Waals surface area contributed by atoms with Gasteiger partial charge in [-0.3, -0.25) is 0 Å². The van der Waals surface area contributed by atoms with Crippen LogP contribution in [0.25, 0.3) is 0 Å². The summed E-state index contributed by atoms with van der Waals surface area (Å²) in [6, 6.07) is 0. The van der Waals surface area contributed by atoms with E-state index in [1.165, 1.54) is 0 Å². The summed E-state index contributed by atoms with van der Waals surface area (Å²) in [4.78, 5) is 0. The molecular weight excluding hydrogens is 224 g/mol. The van der Waals surface area contributed by atoms with E-state index in [0.717, 1.165) is 26.1 Å². The second kappa shape index (κ2) is 8.06. The van der Waals surface area contributed by atoms with E-state index in [9.17, 15) is 0 Å². The maximum absolute atomic E-state index is 5.55. The first-order chi connectivity index (χ1) is 8.95. The van der Waals surface area contributed by atoms with E-state index in [1.807, 2.05) is 0 Å². The number of hydrogen-bond donors (Lipinski definition) is 0. The number of ether oxygens (including phenoxy) is 2. The van der Waals surface area contributed by atoms with Crippen LogP contribution in [0.15, 0.2) is 48.6 Å². The van der Waals surface area contributed by atoms with Crippen molar-refractivity contribution in [2.45, 2.75) is 12.8 Å². The lowest BCUT2D eigenvalue weighted by Gasteiger charge is -2.08. The van der Waals surface area contributed by atoms with E-state index < -0.39 is 0 Å². The summed E-state index contributed by atoms with van der Waals surface area (Å²) in [5, 5.41) is 0. The van der Waals surface area contributed by atoms with E-state index in [4.69, 9.17) is 9.47 Å². The topological polar surface area (TPSA) is 18.5 Å². The fraction of sp³-hybridized carbons (Fsp3) is 0.500. The maximum atomic E-state index is 5.55. The molecule has 0 aromatic carbocycles. The van der Waals surface area contributed by atoms with Gasteiger partial charge in [-0.05, 0) is 24.7 Å². The number of hydrogen-bond acceptors (Lipinski definition) is 2. The largest absolute Gasteiger partial charge is 0.379 e. The first kappa shape index (κ1) is 13.3. The Balaban J connectivity index is 1.35. The molecule has 0 radical (unpaired) electrons. The smallest absolute Gasteiger partial charge is 0.0700 e. The van der Waals surface area contributed by atoms with E-state index >= 15 is 0 Å². The van der Waals surface area contributed by atoms with Crippen LogP contribution >= 0.6 is 0 Å². The summed E-state index contributed by atoms with van der Waals surface area (Å²) in [5.74, 6) is 1.15. The van der Waals surface area contributed by atoms with Gasteiger partial charge in [-0.1, -0.05) is 48.6 Å². The molecule has 98 valence electrons. The van der Waals surface area contributed by atoms with Crippen LogP contribution < -0.4 is 0 Å². The molecule has 2 nitrogen and oxygen atoms in total. The fourth-order valence-electron chi connectivity index (χ4n) is 2.10. The van der Waals surface area contributed by atoms with Crippen molar-refractivity contribution in [3.63, 3.8) is 0 Å². The molecule has 2 heteroatoms. The highest BCUT2D eigenvalue weighted by molar-refractivity contribution is 5.17. The zero-order valence-corrected chi connectivity index (χ0v) is 10.8. The molecule has 0 spiro atoms. The second-order valence-electron chi connectivity index (χ2n) is 4.67. The summed E-state index contributed by atoms with van der Waals surface area (Å²) >= 11 is 0. The molecule has 2 rings (SSSR count). The van der Waals surface area contributed by atoms with Gasteiger partial charge in [0.2, 0.25) is 0 Å². The maximum Gasteiger partial charge on any atom is 0.0700 e. The molecule has 0 saturated heterocycles. The normalized spacial score (nSPS) is 18.4. The van der Waals surface area contributed by atoms with Crippen molar-refractivity contribution in [2.75, 3.05) is 26.4 Å². The third-order valence-corrected chi connectivity index (χ3v) is 3.22. The van der Waals surface area contributed by atoms with Crippen molar-refractivity contribution in [2.24, 2.45) is 11.8 Å². The minimum Gasteiger partial charge on any atom is -0.379 e. The predicted molar refractivity (Wildman–Crippen MR) is 74.4 cm³/mol. The van der Waals surface area contributed by atoms with Gasteiger partial charge in [0.25, 0.3) is 0 Å². The van der Waals surface area contributed by atoms with Crippen molar-refractivity contribution in [3.8, 4) is 0 Å². The van der Waals surface area contributed by atoms with Crippen molar-refractivity contribution >= 4 is 0 Å². The quantitative estimate of drug-likeness (QED) is 0.581. The average Bonchev–Trinajstić information content (AvgIpc) is 3.05. The molecular formula is C16H22O2. The highest BCUT2D eigenvalue weighted by Gasteiger charge is 2.04. The van der Waals surface area contributed by atoms with Gasteiger partial charge < -0.3 is 9.47 Å². The third kappa shape index (κ3) is 5.03. The lowest BCUT2D eigenvalue weighted by Crippen LogP contribution is -2.08. The molecule has 18 heavy (non-hydrogen) atoms. The van der Waals surface area contributed by atoms with Gasteiger partial charge in [0.15, 0.2) is 0 Å². The Morgan fingerprint density at radius 1 is 0.556 bits per heavy atom. The van der Waals surface area contributed by atoms with E-state index in [1.54, 1.807) is 0 Å². The molecule has 0 aliphatic heterocycles. The molecule has 2 aliphatic carbocycles. The molecule has 0 atom stereocenters. The lowest BCUT2D eigenvalue weighted by molar-refractivity contribution is 0.0433. The minimum atomic E-state index is 0.576. The Morgan fingerprint density at radius 3 is 1.33 bits per heavy atom. The molecule has 0 N–H and O–H groups in total. The first-order valence-electron chi connectivity index (χ1n) is 6.80. The summed E-state index contributed by atoms with van der Waals surface area (Å²) < 4.78 is 11.1. The molecule has 0 fully saturated rings. The van der Waals surface area contributed by atoms with Crippen LogP contribution in [0, 0.1) is 11.8 Å². The van der Waals surface area contributed by atoms with Crippen LogP contribution in [0.4, 0.5) is 0 Å². The fourth-order valence-corrected chi connectivity index (χ4v) is 2.10. The molecule has 0 unspecified atom stereocenters. The standard InChI is InChI=1S/C16H22O2/c1-2-6-15(5-1)9-11-17-13-14-18-12-10-16-7-3-4-8-16/h1-8,15-16H,9-14H2. The van der Waals surface area contributed by atoms with Gasteiger partial charge >= 0.3 is 0 Å². The molecule has 0 bridgehead atoms. The van der Waals surface area contributed by atoms with Gasteiger partial charge in [-0.15, -0.1) is 0 Å². The van der Waals surface area contributed by atoms with Crippen LogP contribution in [-0.4, -0.2) is 26.4 Å². The summed E-state index contributed by atoms with van der Waals surface area (Å²) in [6.45, 7) is 3.04. The predicted octanol–water partition coefficient (Wildman–Crippen LogP) is 3.28. The van der Waals surface area contributed by atoms with Gasteiger partial charge in [0.05, 0.1) is 13.2 Å². The van der Waals surface area contributed by atoms with E-state index in [2.05, 4.69) is 48.6 Å². The molecule has 0 saturated carbocycles. The van der Waals surface area contributed by atoms with Crippen LogP contribution in [-0.2, 0) is 9.47 Å². The Labute approximate surface area is 110 Å². The summed E-state index contributed by atoms with van der Waals surface area (Å²) in [6.07, 6.45) is 19.4. The van der Waals surface area contributed by atoms with Crippen LogP contribution in [0.2, 0.25) is 0 Å². The Bertz CT molecular complexity index is 281. The van der Waals surface area contributed by atoms with Gasteiger partial charge in [0.1, 0.15) is 0 Å². The number of allylic oxidation sites excluding steroid dienone is 8. The van der Waals surface area contributed by atoms with E-state index in [-0.39, 0.29) is 0 Å². The average molecular weight is 246 g/mol. The highest BCUT2D eigenvalue weighted by atomic mass is 16.5. The zero-order valence-electron chi connectivity index (χ0n) is 10.8. The Hall–Kier alpha value is -1.12. The van der Waals surface area contributed by atoms with E-state index in [0.29, 0.717) is 25.0 Å². The Morgan fingerprint density at radius 2 is 0.944 bits per heavy atom. The molecule has 0 aromatic heterocycles. The van der Waals surface area contributed by atoms with Crippen molar-refractivity contribution in [1.82, 2.24) is 0 Å². The summed E-state index contributed by atoms with van der Waals surface area (Å²) in [7, 11) is 0. The lowest BCUT2D eigenvalue weighted by atomic mass is 10.1. The van der Waals surface area contributed by atoms with Crippen LogP contribution in [0.5, 0.6) is 0 Å². The SMILES string of the molecule is C1=CC(CCOCCOCCC2C=CC=C2)C=C1. The number of rotatable bonds is 9. The molecule has 0 amide bonds. The van der Waals surface area contributed by atoms with Crippen LogP contribution in [0.1, 0.15) is 12.8 Å². The zero-order chi connectivity index (χ0) is 12.5. The van der Waals surface area contributed by atoms with Gasteiger partial charge in [-0.2, -0.15) is 0 Å². The monoisotopic (exact) mass is 246 g/mol. The minimum absolute atomic E-state index is 0.576. The molecule has 0 heterocycles.